The summed E-state index contributed by atoms with van der Waals surface area (Å²) in [6.07, 6.45) is 0.874. The largest absolute Gasteiger partial charge is 0.352 e. The number of anilines is 1. The molecule has 4 rings (SSSR count). The molecule has 0 saturated heterocycles. The van der Waals surface area contributed by atoms with Crippen molar-refractivity contribution in [2.24, 2.45) is 0 Å². The van der Waals surface area contributed by atoms with Crippen LogP contribution in [0.4, 0.5) is 5.69 Å². The first-order valence-electron chi connectivity index (χ1n) is 14.3. The van der Waals surface area contributed by atoms with E-state index in [-0.39, 0.29) is 29.8 Å². The Hall–Kier alpha value is -3.85. The molecular formula is C34H35Cl2N3O4S. The van der Waals surface area contributed by atoms with Crippen molar-refractivity contribution in [3.63, 3.8) is 0 Å². The summed E-state index contributed by atoms with van der Waals surface area (Å²) in [6, 6.07) is 29.6. The molecule has 0 spiro atoms. The predicted molar refractivity (Wildman–Crippen MR) is 176 cm³/mol. The monoisotopic (exact) mass is 651 g/mol. The molecule has 1 N–H and O–H groups in total. The molecule has 2 amide bonds. The third kappa shape index (κ3) is 8.20. The molecule has 7 nitrogen and oxygen atoms in total. The van der Waals surface area contributed by atoms with Crippen molar-refractivity contribution in [3.05, 3.63) is 130 Å². The maximum atomic E-state index is 14.5. The third-order valence-corrected chi connectivity index (χ3v) is 9.81. The Labute approximate surface area is 269 Å². The van der Waals surface area contributed by atoms with Gasteiger partial charge >= 0.3 is 0 Å². The maximum Gasteiger partial charge on any atom is 0.264 e. The fourth-order valence-corrected chi connectivity index (χ4v) is 6.64. The predicted octanol–water partition coefficient (Wildman–Crippen LogP) is 6.74. The molecule has 0 heterocycles. The topological polar surface area (TPSA) is 86.8 Å². The molecule has 0 bridgehead atoms. The van der Waals surface area contributed by atoms with E-state index in [1.54, 1.807) is 66.7 Å². The number of halogens is 2. The van der Waals surface area contributed by atoms with Gasteiger partial charge in [-0.05, 0) is 55.3 Å². The van der Waals surface area contributed by atoms with Crippen LogP contribution in [0, 0.1) is 0 Å². The number of hydrogen-bond donors (Lipinski definition) is 1. The fraction of sp³-hybridized carbons (Fsp3) is 0.235. The van der Waals surface area contributed by atoms with Crippen LogP contribution in [0.1, 0.15) is 31.4 Å². The molecule has 2 atom stereocenters. The van der Waals surface area contributed by atoms with Gasteiger partial charge in [0.25, 0.3) is 10.0 Å². The number of sulfonamides is 1. The van der Waals surface area contributed by atoms with Crippen LogP contribution in [0.2, 0.25) is 10.0 Å². The normalized spacial score (nSPS) is 12.6. The Morgan fingerprint density at radius 1 is 0.795 bits per heavy atom. The lowest BCUT2D eigenvalue weighted by atomic mass is 10.0. The lowest BCUT2D eigenvalue weighted by molar-refractivity contribution is -0.140. The first-order chi connectivity index (χ1) is 21.1. The molecule has 4 aromatic carbocycles. The molecule has 0 saturated carbocycles. The van der Waals surface area contributed by atoms with Crippen LogP contribution in [0.25, 0.3) is 0 Å². The molecule has 0 fully saturated rings. The minimum Gasteiger partial charge on any atom is -0.352 e. The van der Waals surface area contributed by atoms with E-state index in [0.717, 1.165) is 9.87 Å². The van der Waals surface area contributed by atoms with Gasteiger partial charge in [-0.2, -0.15) is 0 Å². The fourth-order valence-electron chi connectivity index (χ4n) is 4.69. The summed E-state index contributed by atoms with van der Waals surface area (Å²) in [5.74, 6) is -0.957. The SMILES string of the molecule is CCC(C)NC(=O)C(Cc1ccccc1)N(Cc1c(Cl)cccc1Cl)C(=O)CN(c1ccccc1)S(=O)(=O)c1ccccc1. The van der Waals surface area contributed by atoms with E-state index in [2.05, 4.69) is 5.32 Å². The Morgan fingerprint density at radius 3 is 1.91 bits per heavy atom. The van der Waals surface area contributed by atoms with Crippen LogP contribution in [0.15, 0.2) is 114 Å². The molecule has 0 aromatic heterocycles. The Balaban J connectivity index is 1.82. The minimum atomic E-state index is -4.17. The van der Waals surface area contributed by atoms with Crippen molar-refractivity contribution in [1.82, 2.24) is 10.2 Å². The number of para-hydroxylation sites is 1. The molecule has 10 heteroatoms. The smallest absolute Gasteiger partial charge is 0.264 e. The molecule has 44 heavy (non-hydrogen) atoms. The Kier molecular flexibility index (Phi) is 11.4. The number of hydrogen-bond acceptors (Lipinski definition) is 4. The molecule has 0 radical (unpaired) electrons. The number of nitrogens with zero attached hydrogens (tertiary/aromatic N) is 2. The highest BCUT2D eigenvalue weighted by atomic mass is 35.5. The van der Waals surface area contributed by atoms with Gasteiger partial charge in [-0.15, -0.1) is 0 Å². The van der Waals surface area contributed by atoms with Crippen LogP contribution in [-0.4, -0.2) is 43.8 Å². The minimum absolute atomic E-state index is 0.0349. The number of carbonyl (C=O) groups excluding carboxylic acids is 2. The number of nitrogens with one attached hydrogen (secondary N) is 1. The summed E-state index contributed by atoms with van der Waals surface area (Å²) in [7, 11) is -4.17. The van der Waals surface area contributed by atoms with E-state index in [4.69, 9.17) is 23.2 Å². The van der Waals surface area contributed by atoms with Crippen LogP contribution in [-0.2, 0) is 32.6 Å². The van der Waals surface area contributed by atoms with Gasteiger partial charge in [0.2, 0.25) is 11.8 Å². The summed E-state index contributed by atoms with van der Waals surface area (Å²) < 4.78 is 29.0. The Morgan fingerprint density at radius 2 is 1.34 bits per heavy atom. The highest BCUT2D eigenvalue weighted by Crippen LogP contribution is 2.29. The lowest BCUT2D eigenvalue weighted by Crippen LogP contribution is -2.54. The molecule has 0 aliphatic carbocycles. The third-order valence-electron chi connectivity index (χ3n) is 7.32. The average Bonchev–Trinajstić information content (AvgIpc) is 3.03. The molecule has 2 unspecified atom stereocenters. The molecule has 0 aliphatic rings. The highest BCUT2D eigenvalue weighted by molar-refractivity contribution is 7.92. The second-order valence-corrected chi connectivity index (χ2v) is 13.1. The zero-order valence-electron chi connectivity index (χ0n) is 24.6. The van der Waals surface area contributed by atoms with Crippen LogP contribution in [0.3, 0.4) is 0 Å². The number of carbonyl (C=O) groups is 2. The maximum absolute atomic E-state index is 14.5. The van der Waals surface area contributed by atoms with Gasteiger partial charge in [0, 0.05) is 34.6 Å². The van der Waals surface area contributed by atoms with Crippen LogP contribution in [0.5, 0.6) is 0 Å². The first-order valence-corrected chi connectivity index (χ1v) is 16.5. The zero-order chi connectivity index (χ0) is 31.7. The summed E-state index contributed by atoms with van der Waals surface area (Å²) in [6.45, 7) is 3.16. The summed E-state index contributed by atoms with van der Waals surface area (Å²) >= 11 is 13.1. The van der Waals surface area contributed by atoms with Crippen molar-refractivity contribution >= 4 is 50.7 Å². The van der Waals surface area contributed by atoms with Gasteiger partial charge in [-0.1, -0.05) is 103 Å². The van der Waals surface area contributed by atoms with Gasteiger partial charge in [-0.25, -0.2) is 8.42 Å². The summed E-state index contributed by atoms with van der Waals surface area (Å²) in [5.41, 5.74) is 1.59. The molecular weight excluding hydrogens is 617 g/mol. The highest BCUT2D eigenvalue weighted by Gasteiger charge is 2.35. The Bertz CT molecular complexity index is 1640. The van der Waals surface area contributed by atoms with E-state index in [9.17, 15) is 18.0 Å². The lowest BCUT2D eigenvalue weighted by Gasteiger charge is -2.34. The van der Waals surface area contributed by atoms with E-state index in [1.807, 2.05) is 44.2 Å². The second kappa shape index (κ2) is 15.2. The van der Waals surface area contributed by atoms with Gasteiger partial charge in [0.1, 0.15) is 12.6 Å². The summed E-state index contributed by atoms with van der Waals surface area (Å²) in [5, 5.41) is 3.66. The summed E-state index contributed by atoms with van der Waals surface area (Å²) in [4.78, 5) is 29.8. The van der Waals surface area contributed by atoms with Crippen molar-refractivity contribution in [2.45, 2.75) is 50.2 Å². The first kappa shape index (κ1) is 33.1. The van der Waals surface area contributed by atoms with Crippen molar-refractivity contribution in [3.8, 4) is 0 Å². The van der Waals surface area contributed by atoms with E-state index in [1.165, 1.54) is 17.0 Å². The zero-order valence-corrected chi connectivity index (χ0v) is 26.9. The molecule has 0 aliphatic heterocycles. The average molecular weight is 653 g/mol. The van der Waals surface area contributed by atoms with Gasteiger partial charge in [-0.3, -0.25) is 13.9 Å². The number of rotatable bonds is 13. The van der Waals surface area contributed by atoms with E-state index >= 15 is 0 Å². The number of benzene rings is 4. The molecule has 230 valence electrons. The molecule has 4 aromatic rings. The van der Waals surface area contributed by atoms with Gasteiger partial charge in [0.15, 0.2) is 0 Å². The van der Waals surface area contributed by atoms with E-state index in [0.29, 0.717) is 27.7 Å². The van der Waals surface area contributed by atoms with Crippen LogP contribution < -0.4 is 9.62 Å². The standard InChI is InChI=1S/C34H35Cl2N3O4S/c1-3-25(2)37-34(41)32(22-26-14-7-4-8-15-26)38(23-29-30(35)20-13-21-31(29)36)33(40)24-39(27-16-9-5-10-17-27)44(42,43)28-18-11-6-12-19-28/h4-21,25,32H,3,22-24H2,1-2H3,(H,37,41). The van der Waals surface area contributed by atoms with Crippen molar-refractivity contribution < 1.29 is 18.0 Å². The van der Waals surface area contributed by atoms with Crippen molar-refractivity contribution in [1.29, 1.82) is 0 Å². The van der Waals surface area contributed by atoms with E-state index < -0.39 is 28.5 Å². The van der Waals surface area contributed by atoms with Crippen molar-refractivity contribution in [2.75, 3.05) is 10.8 Å². The van der Waals surface area contributed by atoms with Crippen LogP contribution >= 0.6 is 23.2 Å². The van der Waals surface area contributed by atoms with Gasteiger partial charge in [0.05, 0.1) is 10.6 Å². The second-order valence-electron chi connectivity index (χ2n) is 10.4. The quantitative estimate of drug-likeness (QED) is 0.173. The number of amides is 2. The van der Waals surface area contributed by atoms with Gasteiger partial charge < -0.3 is 10.2 Å².